The van der Waals surface area contributed by atoms with Gasteiger partial charge in [-0.25, -0.2) is 0 Å². The van der Waals surface area contributed by atoms with Gasteiger partial charge >= 0.3 is 12.2 Å². The minimum Gasteiger partial charge on any atom is -0.454 e. The van der Waals surface area contributed by atoms with E-state index in [-0.39, 0.29) is 11.2 Å². The van der Waals surface area contributed by atoms with E-state index in [0.29, 0.717) is 0 Å². The van der Waals surface area contributed by atoms with E-state index in [1.165, 1.54) is 0 Å². The molecular weight excluding hydrogens is 273 g/mol. The van der Waals surface area contributed by atoms with E-state index in [2.05, 4.69) is 19.7 Å². The molecule has 0 saturated carbocycles. The van der Waals surface area contributed by atoms with Crippen LogP contribution in [0.15, 0.2) is 0 Å². The van der Waals surface area contributed by atoms with E-state index in [4.69, 9.17) is 11.6 Å². The van der Waals surface area contributed by atoms with Crippen molar-refractivity contribution in [2.45, 2.75) is 19.0 Å². The van der Waals surface area contributed by atoms with Gasteiger partial charge in [0.2, 0.25) is 11.2 Å². The van der Waals surface area contributed by atoms with Crippen molar-refractivity contribution in [2.75, 3.05) is 24.6 Å². The van der Waals surface area contributed by atoms with Gasteiger partial charge in [0.25, 0.3) is 0 Å². The summed E-state index contributed by atoms with van der Waals surface area (Å²) in [4.78, 5) is 13.0. The summed E-state index contributed by atoms with van der Waals surface area (Å²) in [7, 11) is 0. The number of hydrogen-bond acceptors (Lipinski definition) is 5. The smallest absolute Gasteiger partial charge is 0.422 e. The molecule has 1 aliphatic heterocycles. The highest BCUT2D eigenvalue weighted by atomic mass is 35.5. The Bertz CT molecular complexity index is 423. The van der Waals surface area contributed by atoms with Crippen LogP contribution in [-0.2, 0) is 0 Å². The minimum absolute atomic E-state index is 0.177. The molecule has 0 atom stereocenters. The number of halogens is 4. The van der Waals surface area contributed by atoms with E-state index < -0.39 is 18.8 Å². The van der Waals surface area contributed by atoms with Gasteiger partial charge in [0.1, 0.15) is 0 Å². The molecule has 0 bridgehead atoms. The van der Waals surface area contributed by atoms with Crippen LogP contribution in [0.4, 0.5) is 19.1 Å². The van der Waals surface area contributed by atoms with Gasteiger partial charge in [0.15, 0.2) is 6.61 Å². The summed E-state index contributed by atoms with van der Waals surface area (Å²) < 4.78 is 40.5. The normalized spacial score (nSPS) is 16.1. The quantitative estimate of drug-likeness (QED) is 0.849. The first-order valence-corrected chi connectivity index (χ1v) is 5.68. The monoisotopic (exact) mass is 282 g/mol. The number of aromatic nitrogens is 3. The summed E-state index contributed by atoms with van der Waals surface area (Å²) in [6.07, 6.45) is -2.46. The van der Waals surface area contributed by atoms with Crippen LogP contribution >= 0.6 is 11.6 Å². The molecule has 1 aromatic rings. The fraction of sp³-hybridized carbons (Fsp3) is 0.667. The van der Waals surface area contributed by atoms with E-state index in [1.54, 1.807) is 0 Å². The summed E-state index contributed by atoms with van der Waals surface area (Å²) in [6, 6.07) is -0.408. The van der Waals surface area contributed by atoms with Gasteiger partial charge in [-0.2, -0.15) is 28.1 Å². The zero-order valence-electron chi connectivity index (χ0n) is 9.24. The maximum absolute atomic E-state index is 12.0. The number of nitrogens with zero attached hydrogens (tertiary/aromatic N) is 4. The zero-order chi connectivity index (χ0) is 13.2. The molecule has 0 radical (unpaired) electrons. The highest BCUT2D eigenvalue weighted by molar-refractivity contribution is 6.28. The van der Waals surface area contributed by atoms with Gasteiger partial charge in [-0.3, -0.25) is 0 Å². The maximum Gasteiger partial charge on any atom is 0.422 e. The molecule has 9 heteroatoms. The Morgan fingerprint density at radius 3 is 2.44 bits per heavy atom. The molecular formula is C9H10ClF3N4O. The van der Waals surface area contributed by atoms with Crippen LogP contribution in [0.1, 0.15) is 12.8 Å². The molecule has 100 valence electrons. The van der Waals surface area contributed by atoms with Gasteiger partial charge in [-0.15, -0.1) is 0 Å². The highest BCUT2D eigenvalue weighted by Crippen LogP contribution is 2.21. The van der Waals surface area contributed by atoms with Crippen LogP contribution < -0.4 is 9.64 Å². The summed E-state index contributed by atoms with van der Waals surface area (Å²) in [6.45, 7) is 0.0465. The summed E-state index contributed by atoms with van der Waals surface area (Å²) in [5.41, 5.74) is 0. The first-order chi connectivity index (χ1) is 8.44. The molecule has 0 unspecified atom stereocenters. The Hall–Kier alpha value is -1.31. The lowest BCUT2D eigenvalue weighted by atomic mass is 10.4. The molecule has 0 aliphatic carbocycles. The van der Waals surface area contributed by atoms with Crippen LogP contribution in [-0.4, -0.2) is 40.8 Å². The van der Waals surface area contributed by atoms with Crippen molar-refractivity contribution in [3.05, 3.63) is 5.28 Å². The largest absolute Gasteiger partial charge is 0.454 e. The molecule has 1 aromatic heterocycles. The van der Waals surface area contributed by atoms with E-state index >= 15 is 0 Å². The Morgan fingerprint density at radius 1 is 1.17 bits per heavy atom. The Morgan fingerprint density at radius 2 is 1.83 bits per heavy atom. The van der Waals surface area contributed by atoms with Crippen molar-refractivity contribution in [2.24, 2.45) is 0 Å². The van der Waals surface area contributed by atoms with Crippen molar-refractivity contribution in [1.82, 2.24) is 15.0 Å². The summed E-state index contributed by atoms with van der Waals surface area (Å²) in [5.74, 6) is 0.254. The molecule has 0 amide bonds. The molecule has 1 aliphatic rings. The Balaban J connectivity index is 2.10. The lowest BCUT2D eigenvalue weighted by Gasteiger charge is -2.15. The molecule has 0 aromatic carbocycles. The third kappa shape index (κ3) is 3.59. The number of hydrogen-bond donors (Lipinski definition) is 0. The third-order valence-corrected chi connectivity index (χ3v) is 2.50. The predicted octanol–water partition coefficient (Wildman–Crippen LogP) is 2.07. The average Bonchev–Trinajstić information content (AvgIpc) is 2.78. The molecule has 2 heterocycles. The molecule has 0 N–H and O–H groups in total. The number of anilines is 1. The molecule has 1 fully saturated rings. The predicted molar refractivity (Wildman–Crippen MR) is 57.8 cm³/mol. The van der Waals surface area contributed by atoms with Crippen LogP contribution in [0, 0.1) is 0 Å². The van der Waals surface area contributed by atoms with Gasteiger partial charge in [0.05, 0.1) is 0 Å². The van der Waals surface area contributed by atoms with Crippen LogP contribution in [0.3, 0.4) is 0 Å². The average molecular weight is 283 g/mol. The standard InChI is InChI=1S/C9H10ClF3N4O/c10-6-14-7(17-3-1-2-4-17)16-8(15-6)18-5-9(11,12)13/h1-5H2. The second-order valence-corrected chi connectivity index (χ2v) is 4.12. The first kappa shape index (κ1) is 13.1. The number of ether oxygens (including phenoxy) is 1. The molecule has 18 heavy (non-hydrogen) atoms. The van der Waals surface area contributed by atoms with Crippen molar-refractivity contribution in [3.63, 3.8) is 0 Å². The van der Waals surface area contributed by atoms with E-state index in [1.807, 2.05) is 4.90 Å². The third-order valence-electron chi connectivity index (χ3n) is 2.33. The summed E-state index contributed by atoms with van der Waals surface area (Å²) in [5, 5.41) is -0.177. The number of alkyl halides is 3. The fourth-order valence-electron chi connectivity index (χ4n) is 1.59. The van der Waals surface area contributed by atoms with E-state index in [9.17, 15) is 13.2 Å². The SMILES string of the molecule is FC(F)(F)COc1nc(Cl)nc(N2CCCC2)n1. The Labute approximate surface area is 106 Å². The van der Waals surface area contributed by atoms with Gasteiger partial charge in [-0.05, 0) is 24.4 Å². The second kappa shape index (κ2) is 5.13. The second-order valence-electron chi connectivity index (χ2n) is 3.79. The van der Waals surface area contributed by atoms with Gasteiger partial charge < -0.3 is 9.64 Å². The lowest BCUT2D eigenvalue weighted by molar-refractivity contribution is -0.154. The van der Waals surface area contributed by atoms with Crippen molar-refractivity contribution < 1.29 is 17.9 Å². The molecule has 0 spiro atoms. The van der Waals surface area contributed by atoms with Crippen molar-refractivity contribution in [3.8, 4) is 6.01 Å². The van der Waals surface area contributed by atoms with Gasteiger partial charge in [-0.1, -0.05) is 0 Å². The zero-order valence-corrected chi connectivity index (χ0v) is 10.0. The van der Waals surface area contributed by atoms with Crippen LogP contribution in [0.25, 0.3) is 0 Å². The summed E-state index contributed by atoms with van der Waals surface area (Å²) >= 11 is 5.63. The molecule has 5 nitrogen and oxygen atoms in total. The number of rotatable bonds is 3. The van der Waals surface area contributed by atoms with Crippen LogP contribution in [0.2, 0.25) is 5.28 Å². The molecule has 1 saturated heterocycles. The van der Waals surface area contributed by atoms with Crippen molar-refractivity contribution in [1.29, 1.82) is 0 Å². The Kier molecular flexibility index (Phi) is 3.74. The lowest BCUT2D eigenvalue weighted by Crippen LogP contribution is -2.23. The van der Waals surface area contributed by atoms with Crippen molar-refractivity contribution >= 4 is 17.5 Å². The van der Waals surface area contributed by atoms with Crippen LogP contribution in [0.5, 0.6) is 6.01 Å². The fourth-order valence-corrected chi connectivity index (χ4v) is 1.74. The first-order valence-electron chi connectivity index (χ1n) is 5.30. The minimum atomic E-state index is -4.44. The topological polar surface area (TPSA) is 51.1 Å². The maximum atomic E-state index is 12.0. The van der Waals surface area contributed by atoms with E-state index in [0.717, 1.165) is 25.9 Å². The molecule has 2 rings (SSSR count). The van der Waals surface area contributed by atoms with Gasteiger partial charge in [0, 0.05) is 13.1 Å². The highest BCUT2D eigenvalue weighted by Gasteiger charge is 2.29.